The van der Waals surface area contributed by atoms with Crippen LogP contribution in [-0.4, -0.2) is 61.8 Å². The molecular weight excluding hydrogens is 557 g/mol. The predicted molar refractivity (Wildman–Crippen MR) is 147 cm³/mol. The highest BCUT2D eigenvalue weighted by molar-refractivity contribution is 7.13. The molecule has 1 aromatic heterocycles. The van der Waals surface area contributed by atoms with Crippen LogP contribution < -0.4 is 16.0 Å². The van der Waals surface area contributed by atoms with E-state index in [1.165, 1.54) is 23.3 Å². The molecule has 2 aromatic rings. The fourth-order valence-electron chi connectivity index (χ4n) is 3.89. The van der Waals surface area contributed by atoms with Crippen molar-refractivity contribution in [1.82, 2.24) is 10.3 Å². The number of anilines is 1. The molecule has 14 heteroatoms. The number of ether oxygens (including phenoxy) is 3. The second kappa shape index (κ2) is 14.1. The number of carbonyl (C=O) groups excluding carboxylic acids is 2. The molecule has 0 aliphatic carbocycles. The van der Waals surface area contributed by atoms with E-state index in [-0.39, 0.29) is 59.0 Å². The number of allylic oxidation sites excluding steroid dienone is 1. The number of aromatic nitrogens is 1. The van der Waals surface area contributed by atoms with Crippen molar-refractivity contribution in [2.24, 2.45) is 5.73 Å². The zero-order valence-corrected chi connectivity index (χ0v) is 23.3. The molecule has 0 amide bonds. The van der Waals surface area contributed by atoms with Crippen molar-refractivity contribution < 1.29 is 29.3 Å². The van der Waals surface area contributed by atoms with E-state index in [2.05, 4.69) is 10.3 Å². The van der Waals surface area contributed by atoms with Crippen molar-refractivity contribution in [2.75, 3.05) is 38.4 Å². The molecule has 0 fully saturated rings. The Balaban J connectivity index is 0.00000507. The number of hydrogen-bond donors (Lipinski definition) is 3. The number of benzene rings is 1. The lowest BCUT2D eigenvalue weighted by Crippen LogP contribution is -2.39. The van der Waals surface area contributed by atoms with E-state index in [0.29, 0.717) is 22.1 Å². The van der Waals surface area contributed by atoms with E-state index < -0.39 is 17.9 Å². The second-order valence-corrected chi connectivity index (χ2v) is 9.41. The van der Waals surface area contributed by atoms with E-state index in [1.54, 1.807) is 43.6 Å². The molecule has 1 unspecified atom stereocenters. The Morgan fingerprint density at radius 2 is 2.00 bits per heavy atom. The average Bonchev–Trinajstić information content (AvgIpc) is 3.39. The summed E-state index contributed by atoms with van der Waals surface area (Å²) in [5.41, 5.74) is 7.36. The molecule has 0 saturated heterocycles. The lowest BCUT2D eigenvalue weighted by Gasteiger charge is -2.32. The summed E-state index contributed by atoms with van der Waals surface area (Å²) in [6, 6.07) is 4.99. The quantitative estimate of drug-likeness (QED) is 0.164. The topological polar surface area (TPSA) is 171 Å². The third-order valence-electron chi connectivity index (χ3n) is 5.48. The van der Waals surface area contributed by atoms with Gasteiger partial charge in [-0.3, -0.25) is 10.3 Å². The first-order valence-corrected chi connectivity index (χ1v) is 12.8. The molecule has 0 bridgehead atoms. The van der Waals surface area contributed by atoms with Crippen LogP contribution in [0.15, 0.2) is 52.3 Å². The number of nitrogens with one attached hydrogen (secondary N) is 2. The maximum absolute atomic E-state index is 13.3. The third-order valence-corrected chi connectivity index (χ3v) is 7.11. The first-order valence-electron chi connectivity index (χ1n) is 11.2. The van der Waals surface area contributed by atoms with E-state index in [1.807, 2.05) is 0 Å². The SMILES string of the molecule is CCOC(=O)C1=C(COCCN(C(=N)N)c2nccs2)NC(C)=C(C(=O)OC)C1c1cccc(Cl)c1Cl.O. The number of rotatable bonds is 10. The second-order valence-electron chi connectivity index (χ2n) is 7.75. The van der Waals surface area contributed by atoms with E-state index in [9.17, 15) is 9.59 Å². The highest BCUT2D eigenvalue weighted by Crippen LogP contribution is 2.43. The third kappa shape index (κ3) is 6.83. The molecule has 1 aliphatic heterocycles. The molecule has 206 valence electrons. The minimum Gasteiger partial charge on any atom is -0.466 e. The van der Waals surface area contributed by atoms with Crippen molar-refractivity contribution >= 4 is 57.6 Å². The van der Waals surface area contributed by atoms with E-state index in [0.717, 1.165) is 0 Å². The van der Waals surface area contributed by atoms with E-state index in [4.69, 9.17) is 48.6 Å². The van der Waals surface area contributed by atoms with Crippen molar-refractivity contribution in [2.45, 2.75) is 19.8 Å². The van der Waals surface area contributed by atoms with Crippen LogP contribution in [0, 0.1) is 5.41 Å². The Morgan fingerprint density at radius 3 is 2.61 bits per heavy atom. The number of guanidine groups is 1. The lowest BCUT2D eigenvalue weighted by atomic mass is 9.80. The molecule has 1 aromatic carbocycles. The Labute approximate surface area is 234 Å². The number of thiazole rings is 1. The number of nitrogens with zero attached hydrogens (tertiary/aromatic N) is 2. The van der Waals surface area contributed by atoms with E-state index >= 15 is 0 Å². The zero-order chi connectivity index (χ0) is 27.1. The molecule has 6 N–H and O–H groups in total. The number of methoxy groups -OCH3 is 1. The normalized spacial score (nSPS) is 14.9. The predicted octanol–water partition coefficient (Wildman–Crippen LogP) is 2.99. The molecule has 11 nitrogen and oxygen atoms in total. The zero-order valence-electron chi connectivity index (χ0n) is 21.0. The largest absolute Gasteiger partial charge is 0.466 e. The molecule has 1 aliphatic rings. The van der Waals surface area contributed by atoms with Gasteiger partial charge in [0, 0.05) is 17.3 Å². The summed E-state index contributed by atoms with van der Waals surface area (Å²) >= 11 is 14.2. The van der Waals surface area contributed by atoms with Gasteiger partial charge in [-0.2, -0.15) is 0 Å². The summed E-state index contributed by atoms with van der Waals surface area (Å²) in [6.07, 6.45) is 1.62. The minimum atomic E-state index is -0.915. The first-order chi connectivity index (χ1) is 17.7. The highest BCUT2D eigenvalue weighted by atomic mass is 35.5. The molecule has 38 heavy (non-hydrogen) atoms. The van der Waals surface area contributed by atoms with Gasteiger partial charge in [0.1, 0.15) is 0 Å². The summed E-state index contributed by atoms with van der Waals surface area (Å²) < 4.78 is 16.3. The van der Waals surface area contributed by atoms with Gasteiger partial charge in [0.05, 0.1) is 66.3 Å². The molecule has 1 atom stereocenters. The number of halogens is 2. The summed E-state index contributed by atoms with van der Waals surface area (Å²) in [6.45, 7) is 3.89. The molecular formula is C24H29Cl2N5O6S. The molecule has 3 rings (SSSR count). The Hall–Kier alpha value is -3.16. The van der Waals surface area contributed by atoms with Gasteiger partial charge in [0.2, 0.25) is 0 Å². The Morgan fingerprint density at radius 1 is 1.26 bits per heavy atom. The summed E-state index contributed by atoms with van der Waals surface area (Å²) in [7, 11) is 1.26. The average molecular weight is 586 g/mol. The van der Waals surface area contributed by atoms with Crippen LogP contribution in [0.25, 0.3) is 0 Å². The maximum atomic E-state index is 13.3. The first kappa shape index (κ1) is 31.1. The molecule has 0 spiro atoms. The van der Waals surface area contributed by atoms with Crippen LogP contribution in [0.2, 0.25) is 10.0 Å². The van der Waals surface area contributed by atoms with Gasteiger partial charge in [-0.15, -0.1) is 11.3 Å². The lowest BCUT2D eigenvalue weighted by molar-refractivity contribution is -0.139. The van der Waals surface area contributed by atoms with Crippen molar-refractivity contribution in [3.05, 3.63) is 67.9 Å². The van der Waals surface area contributed by atoms with Crippen LogP contribution in [0.3, 0.4) is 0 Å². The molecule has 0 radical (unpaired) electrons. The number of nitrogens with two attached hydrogens (primary N) is 1. The molecule has 2 heterocycles. The van der Waals surface area contributed by atoms with Crippen molar-refractivity contribution in [3.8, 4) is 0 Å². The summed E-state index contributed by atoms with van der Waals surface area (Å²) in [5, 5.41) is 13.7. The van der Waals surface area contributed by atoms with Crippen LogP contribution in [-0.2, 0) is 23.8 Å². The fourth-order valence-corrected chi connectivity index (χ4v) is 4.99. The van der Waals surface area contributed by atoms with Crippen molar-refractivity contribution in [1.29, 1.82) is 5.41 Å². The van der Waals surface area contributed by atoms with Gasteiger partial charge in [0.25, 0.3) is 0 Å². The van der Waals surface area contributed by atoms with Gasteiger partial charge in [0.15, 0.2) is 11.1 Å². The van der Waals surface area contributed by atoms with Crippen molar-refractivity contribution in [3.63, 3.8) is 0 Å². The number of dihydropyridines is 1. The monoisotopic (exact) mass is 585 g/mol. The smallest absolute Gasteiger partial charge is 0.336 e. The fraction of sp³-hybridized carbons (Fsp3) is 0.333. The molecule has 0 saturated carbocycles. The van der Waals surface area contributed by atoms with Gasteiger partial charge in [-0.1, -0.05) is 35.3 Å². The number of carbonyl (C=O) groups is 2. The van der Waals surface area contributed by atoms with Gasteiger partial charge in [-0.25, -0.2) is 14.6 Å². The standard InChI is InChI=1S/C24H27Cl2N5O5S.H2O/c1-4-36-22(33)19-16(12-35-10-9-31(23(27)28)24-29-8-11-37-24)30-13(2)17(21(32)34-3)18(19)14-6-5-7-15(25)20(14)26;/h5-8,11,18,30H,4,9-10,12H2,1-3H3,(H3,27,28);1H2. The van der Waals surface area contributed by atoms with Gasteiger partial charge >= 0.3 is 11.9 Å². The summed E-state index contributed by atoms with van der Waals surface area (Å²) in [4.78, 5) is 31.8. The minimum absolute atomic E-state index is 0. The summed E-state index contributed by atoms with van der Waals surface area (Å²) in [5.74, 6) is -2.36. The van der Waals surface area contributed by atoms with Crippen LogP contribution in [0.1, 0.15) is 25.3 Å². The Kier molecular flexibility index (Phi) is 11.5. The van der Waals surface area contributed by atoms with Gasteiger partial charge < -0.3 is 30.7 Å². The number of hydrogen-bond acceptors (Lipinski definition) is 9. The van der Waals surface area contributed by atoms with Crippen LogP contribution in [0.5, 0.6) is 0 Å². The Bertz CT molecular complexity index is 1230. The number of esters is 2. The van der Waals surface area contributed by atoms with Crippen LogP contribution in [0.4, 0.5) is 5.13 Å². The highest BCUT2D eigenvalue weighted by Gasteiger charge is 2.40. The van der Waals surface area contributed by atoms with Crippen LogP contribution >= 0.6 is 34.5 Å². The maximum Gasteiger partial charge on any atom is 0.336 e. The van der Waals surface area contributed by atoms with Gasteiger partial charge in [-0.05, 0) is 25.5 Å².